The Balaban J connectivity index is 1.77. The van der Waals surface area contributed by atoms with Crippen molar-refractivity contribution in [2.45, 2.75) is 58.7 Å². The Labute approximate surface area is 151 Å². The van der Waals surface area contributed by atoms with Crippen LogP contribution in [-0.2, 0) is 16.1 Å². The lowest BCUT2D eigenvalue weighted by molar-refractivity contribution is -0.148. The van der Waals surface area contributed by atoms with E-state index in [1.165, 1.54) is 12.8 Å². The first-order valence-corrected chi connectivity index (χ1v) is 9.15. The molecule has 0 saturated carbocycles. The lowest BCUT2D eigenvalue weighted by Gasteiger charge is -2.14. The van der Waals surface area contributed by atoms with Gasteiger partial charge in [0, 0.05) is 6.42 Å². The molecule has 0 fully saturated rings. The van der Waals surface area contributed by atoms with Gasteiger partial charge in [-0.25, -0.2) is 0 Å². The third-order valence-electron chi connectivity index (χ3n) is 4.14. The molecule has 0 spiro atoms. The maximum atomic E-state index is 11.9. The maximum Gasteiger partial charge on any atom is 0.306 e. The minimum absolute atomic E-state index is 0.118. The predicted molar refractivity (Wildman–Crippen MR) is 100 cm³/mol. The van der Waals surface area contributed by atoms with Gasteiger partial charge in [0.1, 0.15) is 18.5 Å². The first kappa shape index (κ1) is 19.0. The van der Waals surface area contributed by atoms with Crippen LogP contribution in [0.3, 0.4) is 0 Å². The Morgan fingerprint density at radius 3 is 2.36 bits per heavy atom. The first-order chi connectivity index (χ1) is 12.2. The van der Waals surface area contributed by atoms with Gasteiger partial charge in [-0.1, -0.05) is 68.7 Å². The van der Waals surface area contributed by atoms with E-state index in [-0.39, 0.29) is 12.1 Å². The van der Waals surface area contributed by atoms with Crippen LogP contribution in [0, 0.1) is 0 Å². The van der Waals surface area contributed by atoms with Crippen molar-refractivity contribution in [3.63, 3.8) is 0 Å². The van der Waals surface area contributed by atoms with Gasteiger partial charge in [-0.05, 0) is 36.6 Å². The van der Waals surface area contributed by atoms with E-state index in [4.69, 9.17) is 9.47 Å². The molecule has 0 aromatic heterocycles. The fraction of sp³-hybridized carbons (Fsp3) is 0.409. The molecule has 3 nitrogen and oxygen atoms in total. The molecule has 2 aromatic rings. The molecule has 2 rings (SSSR count). The number of hydrogen-bond acceptors (Lipinski definition) is 3. The van der Waals surface area contributed by atoms with Crippen LogP contribution in [-0.4, -0.2) is 5.97 Å². The molecule has 25 heavy (non-hydrogen) atoms. The second kappa shape index (κ2) is 10.5. The van der Waals surface area contributed by atoms with Gasteiger partial charge in [0.25, 0.3) is 0 Å². The molecule has 0 radical (unpaired) electrons. The Bertz CT molecular complexity index is 619. The molecule has 0 aliphatic heterocycles. The monoisotopic (exact) mass is 340 g/mol. The van der Waals surface area contributed by atoms with Crippen molar-refractivity contribution in [1.29, 1.82) is 0 Å². The standard InChI is InChI=1S/C22H28O3/c1-3-4-5-9-12-22(23)25-18(2)20-13-15-21(16-14-20)24-17-19-10-7-6-8-11-19/h6-8,10-11,13-16,18H,3-5,9,12,17H2,1-2H3. The summed E-state index contributed by atoms with van der Waals surface area (Å²) in [6.07, 6.45) is 4.61. The summed E-state index contributed by atoms with van der Waals surface area (Å²) in [6.45, 7) is 4.61. The van der Waals surface area contributed by atoms with Gasteiger partial charge >= 0.3 is 5.97 Å². The quantitative estimate of drug-likeness (QED) is 0.402. The summed E-state index contributed by atoms with van der Waals surface area (Å²) in [7, 11) is 0. The zero-order valence-corrected chi connectivity index (χ0v) is 15.2. The van der Waals surface area contributed by atoms with Crippen molar-refractivity contribution in [3.05, 3.63) is 65.7 Å². The SMILES string of the molecule is CCCCCCC(=O)OC(C)c1ccc(OCc2ccccc2)cc1. The van der Waals surface area contributed by atoms with E-state index < -0.39 is 0 Å². The smallest absolute Gasteiger partial charge is 0.306 e. The van der Waals surface area contributed by atoms with Crippen LogP contribution in [0.4, 0.5) is 0 Å². The number of carbonyl (C=O) groups excluding carboxylic acids is 1. The molecular formula is C22H28O3. The molecule has 0 aliphatic rings. The predicted octanol–water partition coefficient (Wildman–Crippen LogP) is 5.84. The number of unbranched alkanes of at least 4 members (excludes halogenated alkanes) is 3. The Morgan fingerprint density at radius 2 is 1.68 bits per heavy atom. The second-order valence-corrected chi connectivity index (χ2v) is 6.29. The molecule has 1 unspecified atom stereocenters. The zero-order chi connectivity index (χ0) is 17.9. The van der Waals surface area contributed by atoms with Crippen molar-refractivity contribution in [3.8, 4) is 5.75 Å². The number of ether oxygens (including phenoxy) is 2. The van der Waals surface area contributed by atoms with Crippen molar-refractivity contribution in [2.24, 2.45) is 0 Å². The number of carbonyl (C=O) groups is 1. The lowest BCUT2D eigenvalue weighted by atomic mass is 10.1. The van der Waals surface area contributed by atoms with Gasteiger partial charge < -0.3 is 9.47 Å². The molecule has 0 amide bonds. The molecule has 1 atom stereocenters. The lowest BCUT2D eigenvalue weighted by Crippen LogP contribution is -2.08. The summed E-state index contributed by atoms with van der Waals surface area (Å²) < 4.78 is 11.3. The molecular weight excluding hydrogens is 312 g/mol. The van der Waals surface area contributed by atoms with Crippen LogP contribution in [0.15, 0.2) is 54.6 Å². The summed E-state index contributed by atoms with van der Waals surface area (Å²) in [5, 5.41) is 0. The molecule has 0 aliphatic carbocycles. The zero-order valence-electron chi connectivity index (χ0n) is 15.2. The van der Waals surface area contributed by atoms with Crippen LogP contribution < -0.4 is 4.74 Å². The van der Waals surface area contributed by atoms with Crippen molar-refractivity contribution < 1.29 is 14.3 Å². The second-order valence-electron chi connectivity index (χ2n) is 6.29. The molecule has 134 valence electrons. The first-order valence-electron chi connectivity index (χ1n) is 9.15. The van der Waals surface area contributed by atoms with Crippen LogP contribution in [0.25, 0.3) is 0 Å². The molecule has 2 aromatic carbocycles. The highest BCUT2D eigenvalue weighted by atomic mass is 16.5. The van der Waals surface area contributed by atoms with Gasteiger partial charge in [-0.15, -0.1) is 0 Å². The number of esters is 1. The number of rotatable bonds is 10. The topological polar surface area (TPSA) is 35.5 Å². The highest BCUT2D eigenvalue weighted by Crippen LogP contribution is 2.22. The Hall–Kier alpha value is -2.29. The molecule has 0 saturated heterocycles. The highest BCUT2D eigenvalue weighted by molar-refractivity contribution is 5.69. The van der Waals surface area contributed by atoms with E-state index in [2.05, 4.69) is 6.92 Å². The van der Waals surface area contributed by atoms with Crippen LogP contribution in [0.2, 0.25) is 0 Å². The summed E-state index contributed by atoms with van der Waals surface area (Å²) >= 11 is 0. The van der Waals surface area contributed by atoms with E-state index in [1.807, 2.05) is 61.5 Å². The van der Waals surface area contributed by atoms with Crippen molar-refractivity contribution >= 4 is 5.97 Å². The Kier molecular flexibility index (Phi) is 8.03. The fourth-order valence-corrected chi connectivity index (χ4v) is 2.60. The molecule has 0 bridgehead atoms. The fourth-order valence-electron chi connectivity index (χ4n) is 2.60. The summed E-state index contributed by atoms with van der Waals surface area (Å²) in [6, 6.07) is 17.8. The van der Waals surface area contributed by atoms with E-state index in [0.717, 1.165) is 29.7 Å². The van der Waals surface area contributed by atoms with Crippen molar-refractivity contribution in [2.75, 3.05) is 0 Å². The minimum atomic E-state index is -0.234. The van der Waals surface area contributed by atoms with Gasteiger partial charge in [-0.3, -0.25) is 4.79 Å². The average molecular weight is 340 g/mol. The normalized spacial score (nSPS) is 11.8. The number of hydrogen-bond donors (Lipinski definition) is 0. The van der Waals surface area contributed by atoms with E-state index in [0.29, 0.717) is 13.0 Å². The molecule has 3 heteroatoms. The molecule has 0 heterocycles. The van der Waals surface area contributed by atoms with Crippen LogP contribution >= 0.6 is 0 Å². The largest absolute Gasteiger partial charge is 0.489 e. The summed E-state index contributed by atoms with van der Waals surface area (Å²) in [5.41, 5.74) is 2.12. The third kappa shape index (κ3) is 7.00. The van der Waals surface area contributed by atoms with Crippen LogP contribution in [0.5, 0.6) is 5.75 Å². The van der Waals surface area contributed by atoms with Crippen molar-refractivity contribution in [1.82, 2.24) is 0 Å². The highest BCUT2D eigenvalue weighted by Gasteiger charge is 2.11. The van der Waals surface area contributed by atoms with Gasteiger partial charge in [0.05, 0.1) is 0 Å². The average Bonchev–Trinajstić information content (AvgIpc) is 2.65. The van der Waals surface area contributed by atoms with Crippen LogP contribution in [0.1, 0.15) is 63.2 Å². The van der Waals surface area contributed by atoms with Gasteiger partial charge in [0.2, 0.25) is 0 Å². The number of benzene rings is 2. The van der Waals surface area contributed by atoms with E-state index in [9.17, 15) is 4.79 Å². The van der Waals surface area contributed by atoms with E-state index in [1.54, 1.807) is 0 Å². The summed E-state index contributed by atoms with van der Waals surface area (Å²) in [4.78, 5) is 11.9. The maximum absolute atomic E-state index is 11.9. The summed E-state index contributed by atoms with van der Waals surface area (Å²) in [5.74, 6) is 0.693. The third-order valence-corrected chi connectivity index (χ3v) is 4.14. The van der Waals surface area contributed by atoms with Gasteiger partial charge in [-0.2, -0.15) is 0 Å². The van der Waals surface area contributed by atoms with Gasteiger partial charge in [0.15, 0.2) is 0 Å². The Morgan fingerprint density at radius 1 is 0.960 bits per heavy atom. The van der Waals surface area contributed by atoms with E-state index >= 15 is 0 Å². The molecule has 0 N–H and O–H groups in total. The minimum Gasteiger partial charge on any atom is -0.489 e.